The number of nitrogens with zero attached hydrogens (tertiary/aromatic N) is 3. The van der Waals surface area contributed by atoms with E-state index in [4.69, 9.17) is 0 Å². The molecule has 0 amide bonds. The maximum Gasteiger partial charge on any atom is 0.149 e. The first-order valence-corrected chi connectivity index (χ1v) is 6.27. The lowest BCUT2D eigenvalue weighted by Gasteiger charge is -2.29. The third kappa shape index (κ3) is 2.12. The summed E-state index contributed by atoms with van der Waals surface area (Å²) in [6, 6.07) is 18.5. The number of benzene rings is 2. The topological polar surface area (TPSA) is 30.9 Å². The summed E-state index contributed by atoms with van der Waals surface area (Å²) in [6.45, 7) is 4.07. The Labute approximate surface area is 112 Å². The van der Waals surface area contributed by atoms with Gasteiger partial charge in [0, 0.05) is 0 Å². The molecule has 0 unspecified atom stereocenters. The molecule has 0 saturated heterocycles. The van der Waals surface area contributed by atoms with Crippen LogP contribution in [0.1, 0.15) is 12.5 Å². The first kappa shape index (κ1) is 11.6. The largest absolute Gasteiger partial charge is 0.218 e. The minimum absolute atomic E-state index is 0.910. The highest BCUT2D eigenvalue weighted by molar-refractivity contribution is 5.99. The van der Waals surface area contributed by atoms with Crippen molar-refractivity contribution in [1.82, 2.24) is 5.53 Å². The lowest BCUT2D eigenvalue weighted by molar-refractivity contribution is 0.723. The van der Waals surface area contributed by atoms with Crippen molar-refractivity contribution in [3.63, 3.8) is 0 Å². The summed E-state index contributed by atoms with van der Waals surface area (Å²) in [5.74, 6) is 0.910. The van der Waals surface area contributed by atoms with E-state index in [2.05, 4.69) is 46.8 Å². The lowest BCUT2D eigenvalue weighted by atomic mass is 10.2. The standard InChI is InChI=1S/C15H16N4/c1-12-8-10-14(11-9-12)18-13(2)16-17-19(18)15-6-4-3-5-7-15/h3-11,17H,1-2H3. The number of anilines is 2. The van der Waals surface area contributed by atoms with Crippen molar-refractivity contribution in [1.29, 1.82) is 0 Å². The lowest BCUT2D eigenvalue weighted by Crippen LogP contribution is -2.45. The van der Waals surface area contributed by atoms with Crippen LogP contribution in [0.5, 0.6) is 0 Å². The van der Waals surface area contributed by atoms with Gasteiger partial charge in [-0.05, 0) is 38.1 Å². The summed E-state index contributed by atoms with van der Waals surface area (Å²) >= 11 is 0. The molecule has 1 heterocycles. The van der Waals surface area contributed by atoms with Gasteiger partial charge in [-0.2, -0.15) is 10.7 Å². The maximum atomic E-state index is 4.29. The van der Waals surface area contributed by atoms with Gasteiger partial charge in [0.1, 0.15) is 5.84 Å². The second kappa shape index (κ2) is 4.65. The second-order valence-corrected chi connectivity index (χ2v) is 4.55. The number of hydrazine groups is 2. The molecule has 96 valence electrons. The fraction of sp³-hybridized carbons (Fsp3) is 0.133. The van der Waals surface area contributed by atoms with Crippen molar-refractivity contribution in [2.45, 2.75) is 13.8 Å². The zero-order valence-corrected chi connectivity index (χ0v) is 11.0. The van der Waals surface area contributed by atoms with Crippen LogP contribution in [0.2, 0.25) is 0 Å². The molecule has 1 N–H and O–H groups in total. The molecule has 2 aromatic carbocycles. The van der Waals surface area contributed by atoms with Gasteiger partial charge in [0.25, 0.3) is 0 Å². The van der Waals surface area contributed by atoms with Gasteiger partial charge >= 0.3 is 0 Å². The van der Waals surface area contributed by atoms with Crippen LogP contribution in [-0.2, 0) is 0 Å². The minimum Gasteiger partial charge on any atom is -0.218 e. The first-order valence-electron chi connectivity index (χ1n) is 6.27. The van der Waals surface area contributed by atoms with Crippen molar-refractivity contribution in [3.05, 3.63) is 60.2 Å². The van der Waals surface area contributed by atoms with E-state index < -0.39 is 0 Å². The maximum absolute atomic E-state index is 4.29. The summed E-state index contributed by atoms with van der Waals surface area (Å²) in [5, 5.41) is 8.27. The third-order valence-corrected chi connectivity index (χ3v) is 3.09. The molecule has 0 bridgehead atoms. The van der Waals surface area contributed by atoms with E-state index in [-0.39, 0.29) is 0 Å². The molecule has 19 heavy (non-hydrogen) atoms. The molecule has 0 spiro atoms. The molecular formula is C15H16N4. The summed E-state index contributed by atoms with van der Waals surface area (Å²) in [6.07, 6.45) is 0. The molecule has 3 rings (SSSR count). The highest BCUT2D eigenvalue weighted by Crippen LogP contribution is 2.24. The van der Waals surface area contributed by atoms with Crippen LogP contribution in [0.4, 0.5) is 11.4 Å². The predicted molar refractivity (Wildman–Crippen MR) is 78.8 cm³/mol. The van der Waals surface area contributed by atoms with Gasteiger partial charge in [0.2, 0.25) is 0 Å². The van der Waals surface area contributed by atoms with Crippen LogP contribution in [0.3, 0.4) is 0 Å². The van der Waals surface area contributed by atoms with Crippen molar-refractivity contribution in [2.75, 3.05) is 10.1 Å². The van der Waals surface area contributed by atoms with Gasteiger partial charge in [0.05, 0.1) is 11.4 Å². The van der Waals surface area contributed by atoms with Gasteiger partial charge in [-0.3, -0.25) is 0 Å². The molecule has 0 fully saturated rings. The molecule has 0 aromatic heterocycles. The highest BCUT2D eigenvalue weighted by atomic mass is 15.9. The fourth-order valence-corrected chi connectivity index (χ4v) is 2.09. The number of amidine groups is 1. The highest BCUT2D eigenvalue weighted by Gasteiger charge is 2.24. The molecule has 0 atom stereocenters. The number of para-hydroxylation sites is 1. The Morgan fingerprint density at radius 1 is 0.842 bits per heavy atom. The Bertz CT molecular complexity index is 589. The summed E-state index contributed by atoms with van der Waals surface area (Å²) in [4.78, 5) is 0. The van der Waals surface area contributed by atoms with Gasteiger partial charge < -0.3 is 0 Å². The van der Waals surface area contributed by atoms with E-state index in [9.17, 15) is 0 Å². The summed E-state index contributed by atoms with van der Waals surface area (Å²) < 4.78 is 0. The van der Waals surface area contributed by atoms with E-state index in [1.165, 1.54) is 5.56 Å². The molecule has 0 saturated carbocycles. The molecule has 2 aromatic rings. The van der Waals surface area contributed by atoms with Crippen molar-refractivity contribution < 1.29 is 0 Å². The average molecular weight is 252 g/mol. The van der Waals surface area contributed by atoms with E-state index in [0.29, 0.717) is 0 Å². The van der Waals surface area contributed by atoms with E-state index >= 15 is 0 Å². The quantitative estimate of drug-likeness (QED) is 0.891. The predicted octanol–water partition coefficient (Wildman–Crippen LogP) is 3.07. The van der Waals surface area contributed by atoms with Crippen LogP contribution in [-0.4, -0.2) is 5.84 Å². The molecule has 4 nitrogen and oxygen atoms in total. The molecule has 0 aliphatic carbocycles. The number of nitrogens with one attached hydrogen (secondary N) is 1. The van der Waals surface area contributed by atoms with Crippen LogP contribution in [0.15, 0.2) is 59.7 Å². The molecule has 1 aliphatic rings. The Kier molecular flexibility index (Phi) is 2.83. The monoisotopic (exact) mass is 252 g/mol. The SMILES string of the molecule is CC1=NNN(c2ccccc2)N1c1ccc(C)cc1. The Morgan fingerprint density at radius 3 is 2.21 bits per heavy atom. The van der Waals surface area contributed by atoms with Gasteiger partial charge in [-0.25, -0.2) is 5.01 Å². The van der Waals surface area contributed by atoms with Crippen molar-refractivity contribution >= 4 is 17.2 Å². The fourth-order valence-electron chi connectivity index (χ4n) is 2.09. The van der Waals surface area contributed by atoms with Crippen molar-refractivity contribution in [2.24, 2.45) is 5.10 Å². The Morgan fingerprint density at radius 2 is 1.53 bits per heavy atom. The Balaban J connectivity index is 1.97. The summed E-state index contributed by atoms with van der Waals surface area (Å²) in [5.41, 5.74) is 6.41. The zero-order valence-electron chi connectivity index (χ0n) is 11.0. The van der Waals surface area contributed by atoms with Gasteiger partial charge in [0.15, 0.2) is 0 Å². The van der Waals surface area contributed by atoms with Crippen LogP contribution in [0, 0.1) is 6.92 Å². The van der Waals surface area contributed by atoms with Crippen LogP contribution >= 0.6 is 0 Å². The minimum atomic E-state index is 0.910. The van der Waals surface area contributed by atoms with E-state index in [1.54, 1.807) is 0 Å². The smallest absolute Gasteiger partial charge is 0.149 e. The molecule has 0 radical (unpaired) electrons. The van der Waals surface area contributed by atoms with E-state index in [1.807, 2.05) is 42.4 Å². The Hall–Kier alpha value is -2.49. The van der Waals surface area contributed by atoms with Gasteiger partial charge in [-0.15, -0.1) is 5.10 Å². The number of hydrogen-bond acceptors (Lipinski definition) is 4. The molecule has 4 heteroatoms. The second-order valence-electron chi connectivity index (χ2n) is 4.55. The third-order valence-electron chi connectivity index (χ3n) is 3.09. The number of hydrogen-bond donors (Lipinski definition) is 1. The average Bonchev–Trinajstić information content (AvgIpc) is 2.83. The molecular weight excluding hydrogens is 236 g/mol. The number of aryl methyl sites for hydroxylation is 1. The number of hydrazone groups is 1. The molecule has 1 aliphatic heterocycles. The summed E-state index contributed by atoms with van der Waals surface area (Å²) in [7, 11) is 0. The van der Waals surface area contributed by atoms with E-state index in [0.717, 1.165) is 17.2 Å². The normalized spacial score (nSPS) is 14.3. The van der Waals surface area contributed by atoms with Crippen molar-refractivity contribution in [3.8, 4) is 0 Å². The van der Waals surface area contributed by atoms with Crippen LogP contribution < -0.4 is 15.7 Å². The van der Waals surface area contributed by atoms with Crippen LogP contribution in [0.25, 0.3) is 0 Å². The van der Waals surface area contributed by atoms with Gasteiger partial charge in [-0.1, -0.05) is 35.9 Å². The first-order chi connectivity index (χ1) is 9.25. The zero-order chi connectivity index (χ0) is 13.2. The number of rotatable bonds is 2.